The second kappa shape index (κ2) is 2.60. The van der Waals surface area contributed by atoms with Crippen LogP contribution in [0.25, 0.3) is 10.1 Å². The summed E-state index contributed by atoms with van der Waals surface area (Å²) < 4.78 is 1.42. The van der Waals surface area contributed by atoms with Crippen molar-refractivity contribution in [1.82, 2.24) is 0 Å². The van der Waals surface area contributed by atoms with Crippen LogP contribution >= 0.6 is 22.7 Å². The van der Waals surface area contributed by atoms with Crippen molar-refractivity contribution in [2.45, 2.75) is 25.8 Å². The van der Waals surface area contributed by atoms with E-state index in [1.807, 2.05) is 11.3 Å². The van der Waals surface area contributed by atoms with Crippen LogP contribution in [0.2, 0.25) is 0 Å². The van der Waals surface area contributed by atoms with Crippen molar-refractivity contribution in [1.29, 1.82) is 0 Å². The summed E-state index contributed by atoms with van der Waals surface area (Å²) in [5.41, 5.74) is 6.39. The van der Waals surface area contributed by atoms with E-state index < -0.39 is 0 Å². The molecule has 0 aliphatic heterocycles. The lowest BCUT2D eigenvalue weighted by atomic mass is 10.1. The molecular weight excluding hydrogens is 210 g/mol. The zero-order chi connectivity index (χ0) is 9.92. The van der Waals surface area contributed by atoms with Gasteiger partial charge in [0.1, 0.15) is 0 Å². The summed E-state index contributed by atoms with van der Waals surface area (Å²) in [6.07, 6.45) is 0. The Bertz CT molecular complexity index is 452. The van der Waals surface area contributed by atoms with Gasteiger partial charge < -0.3 is 5.73 Å². The molecule has 2 aromatic heterocycles. The number of thiophene rings is 2. The van der Waals surface area contributed by atoms with Crippen molar-refractivity contribution in [3.63, 3.8) is 0 Å². The van der Waals surface area contributed by atoms with Crippen molar-refractivity contribution in [2.24, 2.45) is 11.1 Å². The van der Waals surface area contributed by atoms with Gasteiger partial charge in [-0.15, -0.1) is 11.3 Å². The summed E-state index contributed by atoms with van der Waals surface area (Å²) >= 11 is 3.69. The average molecular weight is 223 g/mol. The average Bonchev–Trinajstić information content (AvgIpc) is 2.54. The summed E-state index contributed by atoms with van der Waals surface area (Å²) in [6.45, 7) is 4.52. The highest BCUT2D eigenvalue weighted by Gasteiger charge is 2.56. The fourth-order valence-electron chi connectivity index (χ4n) is 2.17. The van der Waals surface area contributed by atoms with E-state index in [1.165, 1.54) is 15.0 Å². The van der Waals surface area contributed by atoms with E-state index in [0.717, 1.165) is 0 Å². The lowest BCUT2D eigenvalue weighted by Crippen LogP contribution is -2.06. The van der Waals surface area contributed by atoms with Crippen molar-refractivity contribution >= 4 is 32.8 Å². The molecule has 3 rings (SSSR count). The fourth-order valence-corrected chi connectivity index (χ4v) is 4.52. The second-order valence-corrected chi connectivity index (χ2v) is 6.52. The van der Waals surface area contributed by atoms with Crippen LogP contribution in [0.15, 0.2) is 16.8 Å². The Balaban J connectivity index is 2.04. The van der Waals surface area contributed by atoms with Gasteiger partial charge in [-0.2, -0.15) is 11.3 Å². The Morgan fingerprint density at radius 1 is 1.36 bits per heavy atom. The summed E-state index contributed by atoms with van der Waals surface area (Å²) in [7, 11) is 0. The van der Waals surface area contributed by atoms with Crippen LogP contribution in [0.5, 0.6) is 0 Å². The first kappa shape index (κ1) is 8.89. The Hall–Kier alpha value is -0.380. The molecule has 1 fully saturated rings. The van der Waals surface area contributed by atoms with Crippen LogP contribution in [0.1, 0.15) is 24.6 Å². The van der Waals surface area contributed by atoms with Crippen molar-refractivity contribution in [3.05, 3.63) is 21.7 Å². The van der Waals surface area contributed by atoms with Crippen molar-refractivity contribution < 1.29 is 0 Å². The standard InChI is InChI=1S/C11H13NS2/c1-11(2)9(10(11)12)7-3-6-4-13-5-8(6)14-7/h3-5,9-10H,12H2,1-2H3. The van der Waals surface area contributed by atoms with Crippen LogP contribution in [-0.4, -0.2) is 6.04 Å². The molecule has 2 atom stereocenters. The van der Waals surface area contributed by atoms with Gasteiger partial charge in [-0.1, -0.05) is 13.8 Å². The van der Waals surface area contributed by atoms with Crippen LogP contribution in [-0.2, 0) is 0 Å². The normalized spacial score (nSPS) is 29.6. The third-order valence-corrected chi connectivity index (χ3v) is 5.49. The topological polar surface area (TPSA) is 26.0 Å². The molecular formula is C11H13NS2. The Kier molecular flexibility index (Phi) is 1.65. The molecule has 74 valence electrons. The number of rotatable bonds is 1. The second-order valence-electron chi connectivity index (χ2n) is 4.66. The predicted octanol–water partition coefficient (Wildman–Crippen LogP) is 3.41. The Labute approximate surface area is 91.6 Å². The summed E-state index contributed by atoms with van der Waals surface area (Å²) in [5.74, 6) is 0.588. The van der Waals surface area contributed by atoms with Crippen LogP contribution < -0.4 is 5.73 Å². The van der Waals surface area contributed by atoms with Crippen LogP contribution in [0, 0.1) is 5.41 Å². The first-order chi connectivity index (χ1) is 6.60. The molecule has 2 heterocycles. The van der Waals surface area contributed by atoms with E-state index in [0.29, 0.717) is 17.4 Å². The molecule has 1 aliphatic rings. The molecule has 2 unspecified atom stereocenters. The molecule has 0 amide bonds. The lowest BCUT2D eigenvalue weighted by molar-refractivity contribution is 0.601. The van der Waals surface area contributed by atoms with Gasteiger partial charge in [0.05, 0.1) is 0 Å². The van der Waals surface area contributed by atoms with Gasteiger partial charge in [-0.05, 0) is 16.9 Å². The van der Waals surface area contributed by atoms with Crippen LogP contribution in [0.3, 0.4) is 0 Å². The summed E-state index contributed by atoms with van der Waals surface area (Å²) in [4.78, 5) is 1.47. The minimum atomic E-state index is 0.311. The van der Waals surface area contributed by atoms with Gasteiger partial charge in [0.2, 0.25) is 0 Å². The van der Waals surface area contributed by atoms with Gasteiger partial charge in [0.25, 0.3) is 0 Å². The number of nitrogens with two attached hydrogens (primary N) is 1. The fraction of sp³-hybridized carbons (Fsp3) is 0.455. The highest BCUT2D eigenvalue weighted by atomic mass is 32.1. The molecule has 0 radical (unpaired) electrons. The maximum atomic E-state index is 6.08. The maximum absolute atomic E-state index is 6.08. The van der Waals surface area contributed by atoms with E-state index >= 15 is 0 Å². The SMILES string of the molecule is CC1(C)C(N)C1c1cc2cscc2s1. The van der Waals surface area contributed by atoms with Gasteiger partial charge in [0.15, 0.2) is 0 Å². The minimum absolute atomic E-state index is 0.311. The maximum Gasteiger partial charge on any atom is 0.0452 e. The highest BCUT2D eigenvalue weighted by molar-refractivity contribution is 7.22. The first-order valence-electron chi connectivity index (χ1n) is 4.82. The number of hydrogen-bond donors (Lipinski definition) is 1. The van der Waals surface area contributed by atoms with Gasteiger partial charge in [0, 0.05) is 32.3 Å². The quantitative estimate of drug-likeness (QED) is 0.787. The predicted molar refractivity (Wildman–Crippen MR) is 64.2 cm³/mol. The zero-order valence-corrected chi connectivity index (χ0v) is 9.91. The van der Waals surface area contributed by atoms with Crippen molar-refractivity contribution in [3.8, 4) is 0 Å². The molecule has 3 heteroatoms. The third kappa shape index (κ3) is 1.03. The largest absolute Gasteiger partial charge is 0.327 e. The minimum Gasteiger partial charge on any atom is -0.327 e. The summed E-state index contributed by atoms with van der Waals surface area (Å²) in [5, 5.41) is 5.84. The molecule has 0 bridgehead atoms. The zero-order valence-electron chi connectivity index (χ0n) is 8.28. The van der Waals surface area contributed by atoms with Gasteiger partial charge in [-0.3, -0.25) is 0 Å². The Morgan fingerprint density at radius 3 is 2.64 bits per heavy atom. The molecule has 0 saturated heterocycles. The molecule has 0 spiro atoms. The molecule has 2 N–H and O–H groups in total. The molecule has 1 nitrogen and oxygen atoms in total. The van der Waals surface area contributed by atoms with Gasteiger partial charge in [-0.25, -0.2) is 0 Å². The van der Waals surface area contributed by atoms with Gasteiger partial charge >= 0.3 is 0 Å². The molecule has 1 aliphatic carbocycles. The third-order valence-electron chi connectivity index (χ3n) is 3.40. The highest BCUT2D eigenvalue weighted by Crippen LogP contribution is 2.59. The van der Waals surface area contributed by atoms with E-state index in [9.17, 15) is 0 Å². The monoisotopic (exact) mass is 223 g/mol. The molecule has 14 heavy (non-hydrogen) atoms. The van der Waals surface area contributed by atoms with Crippen LogP contribution in [0.4, 0.5) is 0 Å². The molecule has 2 aromatic rings. The van der Waals surface area contributed by atoms with E-state index in [-0.39, 0.29) is 0 Å². The van der Waals surface area contributed by atoms with Crippen molar-refractivity contribution in [2.75, 3.05) is 0 Å². The molecule has 0 aromatic carbocycles. The first-order valence-corrected chi connectivity index (χ1v) is 6.58. The van der Waals surface area contributed by atoms with E-state index in [1.54, 1.807) is 11.3 Å². The Morgan fingerprint density at radius 2 is 2.07 bits per heavy atom. The van der Waals surface area contributed by atoms with E-state index in [2.05, 4.69) is 30.7 Å². The molecule has 1 saturated carbocycles. The summed E-state index contributed by atoms with van der Waals surface area (Å²) in [6, 6.07) is 2.67. The number of fused-ring (bicyclic) bond motifs is 1. The smallest absolute Gasteiger partial charge is 0.0452 e. The lowest BCUT2D eigenvalue weighted by Gasteiger charge is -1.97. The number of hydrogen-bond acceptors (Lipinski definition) is 3. The van der Waals surface area contributed by atoms with E-state index in [4.69, 9.17) is 5.73 Å².